The van der Waals surface area contributed by atoms with E-state index in [0.29, 0.717) is 4.91 Å². The number of thioether (sulfide) groups is 1. The average molecular weight is 261 g/mol. The predicted octanol–water partition coefficient (Wildman–Crippen LogP) is 2.58. The zero-order chi connectivity index (χ0) is 13.1. The topological polar surface area (TPSA) is 40.5 Å². The summed E-state index contributed by atoms with van der Waals surface area (Å²) in [5.41, 5.74) is 1.77. The molecule has 18 heavy (non-hydrogen) atoms. The lowest BCUT2D eigenvalue weighted by molar-refractivity contribution is -0.114. The fourth-order valence-electron chi connectivity index (χ4n) is 1.63. The number of amides is 1. The third-order valence-electron chi connectivity index (χ3n) is 2.73. The van der Waals surface area contributed by atoms with Crippen molar-refractivity contribution in [2.75, 3.05) is 18.6 Å². The van der Waals surface area contributed by atoms with Crippen molar-refractivity contribution < 1.29 is 9.90 Å². The summed E-state index contributed by atoms with van der Waals surface area (Å²) in [7, 11) is 1.78. The Morgan fingerprint density at radius 1 is 1.44 bits per heavy atom. The Morgan fingerprint density at radius 2 is 2.17 bits per heavy atom. The summed E-state index contributed by atoms with van der Waals surface area (Å²) in [4.78, 5) is 15.5. The van der Waals surface area contributed by atoms with Crippen LogP contribution >= 0.6 is 11.8 Å². The number of benzene rings is 1. The summed E-state index contributed by atoms with van der Waals surface area (Å²) < 4.78 is 0. The highest BCUT2D eigenvalue weighted by molar-refractivity contribution is 8.04. The van der Waals surface area contributed by atoms with Gasteiger partial charge in [-0.1, -0.05) is 30.0 Å². The summed E-state index contributed by atoms with van der Waals surface area (Å²) >= 11 is 1.47. The van der Waals surface area contributed by atoms with E-state index in [4.69, 9.17) is 5.11 Å². The van der Waals surface area contributed by atoms with Crippen LogP contribution in [0.1, 0.15) is 6.92 Å². The van der Waals surface area contributed by atoms with E-state index in [1.54, 1.807) is 24.1 Å². The summed E-state index contributed by atoms with van der Waals surface area (Å²) in [6.07, 6.45) is 3.55. The van der Waals surface area contributed by atoms with E-state index in [9.17, 15) is 4.79 Å². The fraction of sp³-hybridized carbons (Fsp3) is 0.214. The van der Waals surface area contributed by atoms with Crippen molar-refractivity contribution in [3.05, 3.63) is 46.9 Å². The molecule has 1 aromatic rings. The number of allylic oxidation sites excluding steroid dienone is 2. The van der Waals surface area contributed by atoms with Gasteiger partial charge in [-0.2, -0.15) is 0 Å². The zero-order valence-electron chi connectivity index (χ0n) is 10.4. The van der Waals surface area contributed by atoms with Crippen molar-refractivity contribution in [2.45, 2.75) is 11.8 Å². The zero-order valence-corrected chi connectivity index (χ0v) is 11.2. The lowest BCUT2D eigenvalue weighted by atomic mass is 10.2. The van der Waals surface area contributed by atoms with Crippen molar-refractivity contribution >= 4 is 23.4 Å². The number of carbonyl (C=O) groups is 1. The van der Waals surface area contributed by atoms with Gasteiger partial charge >= 0.3 is 0 Å². The van der Waals surface area contributed by atoms with E-state index in [2.05, 4.69) is 0 Å². The molecule has 1 aromatic carbocycles. The van der Waals surface area contributed by atoms with E-state index in [-0.39, 0.29) is 12.5 Å². The second kappa shape index (κ2) is 5.42. The standard InChI is InChI=1S/C14H15NO2S/c1-10(9-16)7-8-13-14(17)15(2)11-5-3-4-6-12(11)18-13/h3-8,16H,9H2,1-2H3/b10-7+,13-8+. The Kier molecular flexibility index (Phi) is 3.89. The maximum Gasteiger partial charge on any atom is 0.264 e. The van der Waals surface area contributed by atoms with Gasteiger partial charge in [-0.3, -0.25) is 4.79 Å². The van der Waals surface area contributed by atoms with E-state index in [1.165, 1.54) is 11.8 Å². The number of hydrogen-bond donors (Lipinski definition) is 1. The van der Waals surface area contributed by atoms with Crippen molar-refractivity contribution in [1.82, 2.24) is 0 Å². The summed E-state index contributed by atoms with van der Waals surface area (Å²) in [6.45, 7) is 1.84. The smallest absolute Gasteiger partial charge is 0.264 e. The number of aliphatic hydroxyl groups excluding tert-OH is 1. The molecule has 0 saturated carbocycles. The lowest BCUT2D eigenvalue weighted by Crippen LogP contribution is -2.29. The van der Waals surface area contributed by atoms with E-state index >= 15 is 0 Å². The largest absolute Gasteiger partial charge is 0.392 e. The molecular formula is C14H15NO2S. The highest BCUT2D eigenvalue weighted by atomic mass is 32.2. The van der Waals surface area contributed by atoms with Gasteiger partial charge < -0.3 is 10.0 Å². The van der Waals surface area contributed by atoms with Crippen LogP contribution in [-0.4, -0.2) is 24.7 Å². The molecule has 1 N–H and O–H groups in total. The Balaban J connectivity index is 2.35. The maximum atomic E-state index is 12.1. The molecule has 1 aliphatic rings. The molecular weight excluding hydrogens is 246 g/mol. The third-order valence-corrected chi connectivity index (χ3v) is 3.83. The first-order chi connectivity index (χ1) is 8.63. The van der Waals surface area contributed by atoms with Gasteiger partial charge in [0.2, 0.25) is 0 Å². The molecule has 1 amide bonds. The van der Waals surface area contributed by atoms with Gasteiger partial charge in [-0.25, -0.2) is 0 Å². The summed E-state index contributed by atoms with van der Waals surface area (Å²) in [5, 5.41) is 8.94. The Hall–Kier alpha value is -1.52. The average Bonchev–Trinajstić information content (AvgIpc) is 2.41. The summed E-state index contributed by atoms with van der Waals surface area (Å²) in [6, 6.07) is 7.82. The minimum atomic E-state index is -0.0133. The van der Waals surface area contributed by atoms with Crippen molar-refractivity contribution in [1.29, 1.82) is 0 Å². The van der Waals surface area contributed by atoms with E-state index < -0.39 is 0 Å². The van der Waals surface area contributed by atoms with Gasteiger partial charge in [0.05, 0.1) is 17.2 Å². The number of anilines is 1. The number of likely N-dealkylation sites (N-methyl/N-ethyl adjacent to an activating group) is 1. The second-order valence-electron chi connectivity index (χ2n) is 4.14. The number of carbonyl (C=O) groups excluding carboxylic acids is 1. The van der Waals surface area contributed by atoms with E-state index in [1.807, 2.05) is 31.2 Å². The number of hydrogen-bond acceptors (Lipinski definition) is 3. The second-order valence-corrected chi connectivity index (χ2v) is 5.22. The molecule has 2 rings (SSSR count). The Bertz CT molecular complexity index is 534. The van der Waals surface area contributed by atoms with Gasteiger partial charge in [-0.15, -0.1) is 0 Å². The number of fused-ring (bicyclic) bond motifs is 1. The van der Waals surface area contributed by atoms with Crippen LogP contribution in [0.4, 0.5) is 5.69 Å². The normalized spacial score (nSPS) is 18.2. The minimum Gasteiger partial charge on any atom is -0.392 e. The van der Waals surface area contributed by atoms with Crippen LogP contribution < -0.4 is 4.90 Å². The minimum absolute atomic E-state index is 0.00899. The molecule has 0 unspecified atom stereocenters. The van der Waals surface area contributed by atoms with Crippen LogP contribution in [0.2, 0.25) is 0 Å². The molecule has 94 valence electrons. The number of rotatable bonds is 2. The van der Waals surface area contributed by atoms with E-state index in [0.717, 1.165) is 16.2 Å². The Morgan fingerprint density at radius 3 is 2.89 bits per heavy atom. The first-order valence-corrected chi connectivity index (χ1v) is 6.48. The van der Waals surface area contributed by atoms with Gasteiger partial charge in [0.25, 0.3) is 5.91 Å². The van der Waals surface area contributed by atoms with Crippen LogP contribution in [0.3, 0.4) is 0 Å². The molecule has 3 nitrogen and oxygen atoms in total. The van der Waals surface area contributed by atoms with Crippen molar-refractivity contribution in [3.8, 4) is 0 Å². The highest BCUT2D eigenvalue weighted by Crippen LogP contribution is 2.40. The molecule has 0 spiro atoms. The number of aliphatic hydroxyl groups is 1. The van der Waals surface area contributed by atoms with Gasteiger partial charge in [0, 0.05) is 11.9 Å². The van der Waals surface area contributed by atoms with Crippen LogP contribution in [-0.2, 0) is 4.79 Å². The molecule has 0 aliphatic carbocycles. The van der Waals surface area contributed by atoms with Crippen LogP contribution in [0, 0.1) is 0 Å². The molecule has 1 aliphatic heterocycles. The number of para-hydroxylation sites is 1. The molecule has 0 saturated heterocycles. The quantitative estimate of drug-likeness (QED) is 0.832. The predicted molar refractivity (Wildman–Crippen MR) is 74.6 cm³/mol. The first-order valence-electron chi connectivity index (χ1n) is 5.66. The monoisotopic (exact) mass is 261 g/mol. The van der Waals surface area contributed by atoms with Gasteiger partial charge in [0.15, 0.2) is 0 Å². The van der Waals surface area contributed by atoms with Crippen molar-refractivity contribution in [3.63, 3.8) is 0 Å². The lowest BCUT2D eigenvalue weighted by Gasteiger charge is -2.26. The van der Waals surface area contributed by atoms with Crippen LogP contribution in [0.25, 0.3) is 0 Å². The van der Waals surface area contributed by atoms with Crippen molar-refractivity contribution in [2.24, 2.45) is 0 Å². The molecule has 0 atom stereocenters. The van der Waals surface area contributed by atoms with Crippen LogP contribution in [0.5, 0.6) is 0 Å². The SMILES string of the molecule is C/C(=C\C=C1\Sc2ccccc2N(C)C1=O)CO. The molecule has 4 heteroatoms. The maximum absolute atomic E-state index is 12.1. The summed E-state index contributed by atoms with van der Waals surface area (Å²) in [5.74, 6) is -0.0133. The molecule has 0 fully saturated rings. The molecule has 1 heterocycles. The molecule has 0 aromatic heterocycles. The fourth-order valence-corrected chi connectivity index (χ4v) is 2.69. The van der Waals surface area contributed by atoms with Crippen LogP contribution in [0.15, 0.2) is 51.8 Å². The first kappa shape index (κ1) is 12.9. The van der Waals surface area contributed by atoms with Gasteiger partial charge in [-0.05, 0) is 30.7 Å². The molecule has 0 radical (unpaired) electrons. The van der Waals surface area contributed by atoms with Gasteiger partial charge in [0.1, 0.15) is 0 Å². The number of nitrogens with zero attached hydrogens (tertiary/aromatic N) is 1. The third kappa shape index (κ3) is 2.49. The Labute approximate surface area is 111 Å². The highest BCUT2D eigenvalue weighted by Gasteiger charge is 2.25. The molecule has 0 bridgehead atoms.